The maximum atomic E-state index is 6.00. The molecular formula is C21H34IN7O. The van der Waals surface area contributed by atoms with Gasteiger partial charge in [0.2, 0.25) is 5.88 Å². The SMILES string of the molecule is CCNC(=NCc1ccc(OC2CCCCC2)nc1)NCCn1cnnc1CC.I. The summed E-state index contributed by atoms with van der Waals surface area (Å²) in [7, 11) is 0. The molecule has 0 spiro atoms. The average molecular weight is 527 g/mol. The first kappa shape index (κ1) is 24.4. The molecule has 2 N–H and O–H groups in total. The Morgan fingerprint density at radius 3 is 2.73 bits per heavy atom. The molecule has 9 heteroatoms. The number of guanidine groups is 1. The third-order valence-corrected chi connectivity index (χ3v) is 5.06. The summed E-state index contributed by atoms with van der Waals surface area (Å²) >= 11 is 0. The molecule has 0 radical (unpaired) electrons. The molecule has 2 heterocycles. The molecule has 0 aliphatic heterocycles. The number of nitrogens with zero attached hydrogens (tertiary/aromatic N) is 5. The van der Waals surface area contributed by atoms with Crippen LogP contribution in [0.25, 0.3) is 0 Å². The molecule has 0 aromatic carbocycles. The third-order valence-electron chi connectivity index (χ3n) is 5.06. The van der Waals surface area contributed by atoms with Crippen LogP contribution in [0.1, 0.15) is 57.3 Å². The van der Waals surface area contributed by atoms with E-state index < -0.39 is 0 Å². The van der Waals surface area contributed by atoms with E-state index >= 15 is 0 Å². The molecule has 1 aliphatic rings. The van der Waals surface area contributed by atoms with E-state index in [1.165, 1.54) is 19.3 Å². The van der Waals surface area contributed by atoms with Crippen molar-refractivity contribution in [3.63, 3.8) is 0 Å². The number of pyridine rings is 1. The van der Waals surface area contributed by atoms with Gasteiger partial charge in [-0.05, 0) is 38.2 Å². The highest BCUT2D eigenvalue weighted by molar-refractivity contribution is 14.0. The minimum absolute atomic E-state index is 0. The predicted molar refractivity (Wildman–Crippen MR) is 129 cm³/mol. The minimum Gasteiger partial charge on any atom is -0.474 e. The molecule has 0 saturated heterocycles. The number of halogens is 1. The molecule has 2 aromatic heterocycles. The summed E-state index contributed by atoms with van der Waals surface area (Å²) in [5.74, 6) is 2.51. The number of hydrogen-bond donors (Lipinski definition) is 2. The van der Waals surface area contributed by atoms with Crippen molar-refractivity contribution in [1.29, 1.82) is 0 Å². The normalized spacial score (nSPS) is 14.8. The van der Waals surface area contributed by atoms with Crippen molar-refractivity contribution in [3.05, 3.63) is 36.0 Å². The Labute approximate surface area is 196 Å². The molecule has 1 fully saturated rings. The van der Waals surface area contributed by atoms with E-state index in [0.717, 1.165) is 62.1 Å². The van der Waals surface area contributed by atoms with Gasteiger partial charge in [0.25, 0.3) is 0 Å². The van der Waals surface area contributed by atoms with Crippen molar-refractivity contribution in [3.8, 4) is 5.88 Å². The molecule has 1 saturated carbocycles. The van der Waals surface area contributed by atoms with Crippen LogP contribution in [0.2, 0.25) is 0 Å². The van der Waals surface area contributed by atoms with Crippen LogP contribution < -0.4 is 15.4 Å². The Bertz CT molecular complexity index is 757. The summed E-state index contributed by atoms with van der Waals surface area (Å²) < 4.78 is 8.06. The van der Waals surface area contributed by atoms with Crippen LogP contribution in [0.3, 0.4) is 0 Å². The summed E-state index contributed by atoms with van der Waals surface area (Å²) in [5.41, 5.74) is 1.06. The van der Waals surface area contributed by atoms with Crippen molar-refractivity contribution in [2.75, 3.05) is 13.1 Å². The lowest BCUT2D eigenvalue weighted by atomic mass is 9.98. The number of aliphatic imine (C=N–C) groups is 1. The van der Waals surface area contributed by atoms with Crippen molar-refractivity contribution in [1.82, 2.24) is 30.4 Å². The topological polar surface area (TPSA) is 89.3 Å². The highest BCUT2D eigenvalue weighted by atomic mass is 127. The van der Waals surface area contributed by atoms with Crippen LogP contribution in [0.5, 0.6) is 5.88 Å². The molecule has 2 aromatic rings. The van der Waals surface area contributed by atoms with Crippen LogP contribution in [-0.2, 0) is 19.5 Å². The first-order valence-electron chi connectivity index (χ1n) is 10.8. The van der Waals surface area contributed by atoms with Crippen molar-refractivity contribution in [2.45, 2.75) is 71.6 Å². The minimum atomic E-state index is 0. The van der Waals surface area contributed by atoms with Gasteiger partial charge in [0.15, 0.2) is 5.96 Å². The van der Waals surface area contributed by atoms with Crippen molar-refractivity contribution in [2.24, 2.45) is 4.99 Å². The van der Waals surface area contributed by atoms with Crippen LogP contribution in [0.15, 0.2) is 29.6 Å². The number of rotatable bonds is 9. The van der Waals surface area contributed by atoms with E-state index in [2.05, 4.69) is 49.2 Å². The zero-order valence-corrected chi connectivity index (χ0v) is 20.3. The van der Waals surface area contributed by atoms with Gasteiger partial charge in [-0.2, -0.15) is 0 Å². The first-order chi connectivity index (χ1) is 14.3. The van der Waals surface area contributed by atoms with Crippen LogP contribution in [0, 0.1) is 0 Å². The van der Waals surface area contributed by atoms with E-state index in [-0.39, 0.29) is 24.0 Å². The molecule has 0 bridgehead atoms. The molecule has 1 aliphatic carbocycles. The third kappa shape index (κ3) is 7.73. The summed E-state index contributed by atoms with van der Waals surface area (Å²) in [4.78, 5) is 9.13. The number of aromatic nitrogens is 4. The van der Waals surface area contributed by atoms with Gasteiger partial charge >= 0.3 is 0 Å². The summed E-state index contributed by atoms with van der Waals surface area (Å²) in [5, 5.41) is 14.7. The number of aryl methyl sites for hydroxylation is 1. The van der Waals surface area contributed by atoms with E-state index in [1.54, 1.807) is 6.33 Å². The fourth-order valence-electron chi connectivity index (χ4n) is 3.47. The molecule has 166 valence electrons. The quantitative estimate of drug-likeness (QED) is 0.296. The van der Waals surface area contributed by atoms with Gasteiger partial charge in [-0.3, -0.25) is 0 Å². The molecule has 3 rings (SSSR count). The molecule has 0 amide bonds. The number of hydrogen-bond acceptors (Lipinski definition) is 5. The maximum Gasteiger partial charge on any atom is 0.213 e. The monoisotopic (exact) mass is 527 g/mol. The second-order valence-corrected chi connectivity index (χ2v) is 7.30. The fourth-order valence-corrected chi connectivity index (χ4v) is 3.47. The Morgan fingerprint density at radius 1 is 1.20 bits per heavy atom. The van der Waals surface area contributed by atoms with Gasteiger partial charge in [0, 0.05) is 38.3 Å². The molecular weight excluding hydrogens is 493 g/mol. The molecule has 30 heavy (non-hydrogen) atoms. The molecule has 0 unspecified atom stereocenters. The largest absolute Gasteiger partial charge is 0.474 e. The second kappa shape index (κ2) is 13.4. The van der Waals surface area contributed by atoms with Gasteiger partial charge in [-0.15, -0.1) is 34.2 Å². The Morgan fingerprint density at radius 2 is 2.03 bits per heavy atom. The van der Waals surface area contributed by atoms with Gasteiger partial charge in [-0.25, -0.2) is 9.98 Å². The van der Waals surface area contributed by atoms with Crippen molar-refractivity contribution < 1.29 is 4.74 Å². The Balaban J connectivity index is 0.00000320. The lowest BCUT2D eigenvalue weighted by molar-refractivity contribution is 0.148. The van der Waals surface area contributed by atoms with Crippen LogP contribution in [0.4, 0.5) is 0 Å². The van der Waals surface area contributed by atoms with Crippen LogP contribution in [-0.4, -0.2) is 44.9 Å². The second-order valence-electron chi connectivity index (χ2n) is 7.30. The highest BCUT2D eigenvalue weighted by Crippen LogP contribution is 2.22. The van der Waals surface area contributed by atoms with Crippen molar-refractivity contribution >= 4 is 29.9 Å². The first-order valence-corrected chi connectivity index (χ1v) is 10.8. The van der Waals surface area contributed by atoms with Gasteiger partial charge in [0.05, 0.1) is 6.54 Å². The summed E-state index contributed by atoms with van der Waals surface area (Å²) in [6.07, 6.45) is 10.9. The predicted octanol–water partition coefficient (Wildman–Crippen LogP) is 3.32. The maximum absolute atomic E-state index is 6.00. The lowest BCUT2D eigenvalue weighted by Gasteiger charge is -2.22. The Kier molecular flexibility index (Phi) is 10.9. The average Bonchev–Trinajstić information content (AvgIpc) is 3.21. The number of ether oxygens (including phenoxy) is 1. The van der Waals surface area contributed by atoms with E-state index in [4.69, 9.17) is 4.74 Å². The van der Waals surface area contributed by atoms with Gasteiger partial charge < -0.3 is 19.9 Å². The zero-order chi connectivity index (χ0) is 20.3. The van der Waals surface area contributed by atoms with E-state index in [0.29, 0.717) is 12.6 Å². The van der Waals surface area contributed by atoms with Crippen LogP contribution >= 0.6 is 24.0 Å². The molecule has 0 atom stereocenters. The summed E-state index contributed by atoms with van der Waals surface area (Å²) in [6.45, 7) is 7.08. The highest BCUT2D eigenvalue weighted by Gasteiger charge is 2.15. The van der Waals surface area contributed by atoms with Gasteiger partial charge in [-0.1, -0.05) is 19.4 Å². The Hall–Kier alpha value is -1.91. The van der Waals surface area contributed by atoms with Gasteiger partial charge in [0.1, 0.15) is 18.3 Å². The summed E-state index contributed by atoms with van der Waals surface area (Å²) in [6, 6.07) is 4.00. The zero-order valence-electron chi connectivity index (χ0n) is 18.0. The molecule has 8 nitrogen and oxygen atoms in total. The van der Waals surface area contributed by atoms with E-state index in [9.17, 15) is 0 Å². The lowest BCUT2D eigenvalue weighted by Crippen LogP contribution is -2.38. The number of nitrogens with one attached hydrogen (secondary N) is 2. The smallest absolute Gasteiger partial charge is 0.213 e. The standard InChI is InChI=1S/C21H33N7O.HI/c1-3-19-27-26-16-28(19)13-12-23-21(22-4-2)25-15-17-10-11-20(24-14-17)29-18-8-6-5-7-9-18;/h10-11,14,16,18H,3-9,12-13,15H2,1-2H3,(H2,22,23,25);1H. The fraction of sp³-hybridized carbons (Fsp3) is 0.619. The van der Waals surface area contributed by atoms with E-state index in [1.807, 2.05) is 18.3 Å².